The van der Waals surface area contributed by atoms with Crippen LogP contribution < -0.4 is 0 Å². The molecule has 0 aliphatic heterocycles. The fraction of sp³-hybridized carbons (Fsp3) is 0.500. The summed E-state index contributed by atoms with van der Waals surface area (Å²) in [6.07, 6.45) is 1.32. The minimum Gasteiger partial charge on any atom is -0.329 e. The van der Waals surface area contributed by atoms with E-state index in [4.69, 9.17) is 12.2 Å². The molecule has 1 N–H and O–H groups in total. The topological polar surface area (TPSA) is 33.6 Å². The summed E-state index contributed by atoms with van der Waals surface area (Å²) in [7, 11) is 0. The minimum atomic E-state index is 0.785. The molecular weight excluding hydrogens is 218 g/mol. The van der Waals surface area contributed by atoms with Crippen molar-refractivity contribution in [2.24, 2.45) is 11.8 Å². The van der Waals surface area contributed by atoms with Crippen LogP contribution in [0.15, 0.2) is 12.1 Å². The molecule has 4 heteroatoms. The highest BCUT2D eigenvalue weighted by Gasteiger charge is 2.33. The molecule has 3 nitrogen and oxygen atoms in total. The van der Waals surface area contributed by atoms with Gasteiger partial charge in [-0.25, -0.2) is 4.98 Å². The standard InChI is InChI=1S/C12H15N3S/c1-7-5-9(7)6-15-11-10(14-12(15)16)4-3-8(2)13-11/h3-4,7,9H,5-6H2,1-2H3,(H,14,16). The summed E-state index contributed by atoms with van der Waals surface area (Å²) in [5.74, 6) is 1.63. The number of hydrogen-bond donors (Lipinski definition) is 1. The molecule has 0 saturated heterocycles. The molecule has 0 aromatic carbocycles. The molecule has 3 rings (SSSR count). The van der Waals surface area contributed by atoms with E-state index in [1.807, 2.05) is 13.0 Å². The summed E-state index contributed by atoms with van der Waals surface area (Å²) in [4.78, 5) is 7.78. The smallest absolute Gasteiger partial charge is 0.179 e. The number of aryl methyl sites for hydroxylation is 1. The number of imidazole rings is 1. The van der Waals surface area contributed by atoms with Crippen molar-refractivity contribution in [2.75, 3.05) is 0 Å². The summed E-state index contributed by atoms with van der Waals surface area (Å²) < 4.78 is 2.94. The van der Waals surface area contributed by atoms with Crippen LogP contribution in [0.5, 0.6) is 0 Å². The van der Waals surface area contributed by atoms with E-state index < -0.39 is 0 Å². The quantitative estimate of drug-likeness (QED) is 0.809. The number of aromatic nitrogens is 3. The van der Waals surface area contributed by atoms with E-state index in [0.717, 1.165) is 40.0 Å². The van der Waals surface area contributed by atoms with Crippen molar-refractivity contribution in [2.45, 2.75) is 26.8 Å². The molecule has 2 atom stereocenters. The lowest BCUT2D eigenvalue weighted by Gasteiger charge is -2.02. The van der Waals surface area contributed by atoms with Crippen molar-refractivity contribution in [3.8, 4) is 0 Å². The van der Waals surface area contributed by atoms with Crippen LogP contribution in [-0.4, -0.2) is 14.5 Å². The molecule has 0 radical (unpaired) electrons. The molecule has 1 fully saturated rings. The Bertz CT molecular complexity index is 596. The van der Waals surface area contributed by atoms with E-state index >= 15 is 0 Å². The Balaban J connectivity index is 2.10. The van der Waals surface area contributed by atoms with Gasteiger partial charge in [0.1, 0.15) is 0 Å². The van der Waals surface area contributed by atoms with E-state index in [2.05, 4.69) is 27.5 Å². The Kier molecular flexibility index (Phi) is 2.14. The van der Waals surface area contributed by atoms with Gasteiger partial charge in [-0.15, -0.1) is 0 Å². The van der Waals surface area contributed by atoms with Gasteiger partial charge in [-0.05, 0) is 49.5 Å². The SMILES string of the molecule is Cc1ccc2[nH]c(=S)n(CC3CC3C)c2n1. The van der Waals surface area contributed by atoms with Gasteiger partial charge in [0.25, 0.3) is 0 Å². The van der Waals surface area contributed by atoms with Gasteiger partial charge in [-0.1, -0.05) is 6.92 Å². The van der Waals surface area contributed by atoms with Gasteiger partial charge in [-0.3, -0.25) is 0 Å². The summed E-state index contributed by atoms with van der Waals surface area (Å²) in [5, 5.41) is 0. The van der Waals surface area contributed by atoms with Gasteiger partial charge in [-0.2, -0.15) is 0 Å². The molecule has 1 saturated carbocycles. The number of fused-ring (bicyclic) bond motifs is 1. The van der Waals surface area contributed by atoms with E-state index in [1.54, 1.807) is 0 Å². The second kappa shape index (κ2) is 3.42. The average molecular weight is 233 g/mol. The molecule has 16 heavy (non-hydrogen) atoms. The van der Waals surface area contributed by atoms with Gasteiger partial charge >= 0.3 is 0 Å². The Hall–Kier alpha value is -1.16. The maximum atomic E-state index is 5.35. The zero-order valence-electron chi connectivity index (χ0n) is 9.53. The Morgan fingerprint density at radius 2 is 2.31 bits per heavy atom. The fourth-order valence-electron chi connectivity index (χ4n) is 2.18. The summed E-state index contributed by atoms with van der Waals surface area (Å²) in [6, 6.07) is 4.07. The zero-order valence-corrected chi connectivity index (χ0v) is 10.3. The van der Waals surface area contributed by atoms with E-state index in [0.29, 0.717) is 0 Å². The third-order valence-corrected chi connectivity index (χ3v) is 3.77. The Morgan fingerprint density at radius 3 is 3.00 bits per heavy atom. The van der Waals surface area contributed by atoms with Crippen LogP contribution in [0.3, 0.4) is 0 Å². The van der Waals surface area contributed by atoms with E-state index in [-0.39, 0.29) is 0 Å². The van der Waals surface area contributed by atoms with Gasteiger partial charge < -0.3 is 9.55 Å². The predicted molar refractivity (Wildman–Crippen MR) is 66.9 cm³/mol. The first-order valence-electron chi connectivity index (χ1n) is 5.71. The number of nitrogens with one attached hydrogen (secondary N) is 1. The van der Waals surface area contributed by atoms with Crippen molar-refractivity contribution < 1.29 is 0 Å². The molecule has 2 aromatic rings. The van der Waals surface area contributed by atoms with Crippen LogP contribution in [-0.2, 0) is 6.54 Å². The van der Waals surface area contributed by atoms with Crippen molar-refractivity contribution in [3.05, 3.63) is 22.6 Å². The molecular formula is C12H15N3S. The number of pyridine rings is 1. The van der Waals surface area contributed by atoms with Crippen LogP contribution in [0.25, 0.3) is 11.2 Å². The first kappa shape index (κ1) is 10.0. The van der Waals surface area contributed by atoms with E-state index in [1.165, 1.54) is 6.42 Å². The summed E-state index contributed by atoms with van der Waals surface area (Å²) in [5.41, 5.74) is 3.09. The van der Waals surface area contributed by atoms with E-state index in [9.17, 15) is 0 Å². The normalized spacial score (nSPS) is 23.9. The fourth-order valence-corrected chi connectivity index (χ4v) is 2.45. The predicted octanol–water partition coefficient (Wildman–Crippen LogP) is 3.06. The van der Waals surface area contributed by atoms with Crippen LogP contribution in [0.1, 0.15) is 19.0 Å². The van der Waals surface area contributed by atoms with Crippen LogP contribution in [0.2, 0.25) is 0 Å². The molecule has 84 valence electrons. The highest BCUT2D eigenvalue weighted by atomic mass is 32.1. The van der Waals surface area contributed by atoms with Crippen LogP contribution in [0.4, 0.5) is 0 Å². The number of aromatic amines is 1. The highest BCUT2D eigenvalue weighted by molar-refractivity contribution is 7.71. The summed E-state index contributed by atoms with van der Waals surface area (Å²) >= 11 is 5.35. The molecule has 1 aliphatic rings. The highest BCUT2D eigenvalue weighted by Crippen LogP contribution is 2.39. The van der Waals surface area contributed by atoms with Gasteiger partial charge in [0.15, 0.2) is 10.4 Å². The first-order chi connectivity index (χ1) is 7.65. The Morgan fingerprint density at radius 1 is 1.56 bits per heavy atom. The molecule has 2 heterocycles. The summed E-state index contributed by atoms with van der Waals surface area (Å²) in [6.45, 7) is 5.32. The minimum absolute atomic E-state index is 0.785. The van der Waals surface area contributed by atoms with Crippen LogP contribution >= 0.6 is 12.2 Å². The Labute approximate surface area is 99.5 Å². The number of hydrogen-bond acceptors (Lipinski definition) is 2. The van der Waals surface area contributed by atoms with Gasteiger partial charge in [0.05, 0.1) is 5.52 Å². The largest absolute Gasteiger partial charge is 0.329 e. The molecule has 2 unspecified atom stereocenters. The van der Waals surface area contributed by atoms with Crippen LogP contribution in [0, 0.1) is 23.5 Å². The third-order valence-electron chi connectivity index (χ3n) is 3.45. The maximum Gasteiger partial charge on any atom is 0.179 e. The molecule has 0 amide bonds. The zero-order chi connectivity index (χ0) is 11.3. The van der Waals surface area contributed by atoms with Crippen molar-refractivity contribution >= 4 is 23.4 Å². The number of nitrogens with zero attached hydrogens (tertiary/aromatic N) is 2. The second-order valence-electron chi connectivity index (χ2n) is 4.84. The molecule has 0 bridgehead atoms. The number of rotatable bonds is 2. The lowest BCUT2D eigenvalue weighted by atomic mass is 10.3. The lowest BCUT2D eigenvalue weighted by molar-refractivity contribution is 0.597. The van der Waals surface area contributed by atoms with Crippen molar-refractivity contribution in [1.82, 2.24) is 14.5 Å². The van der Waals surface area contributed by atoms with Gasteiger partial charge in [0.2, 0.25) is 0 Å². The molecule has 2 aromatic heterocycles. The average Bonchev–Trinajstić information content (AvgIpc) is 2.84. The number of H-pyrrole nitrogens is 1. The second-order valence-corrected chi connectivity index (χ2v) is 5.22. The first-order valence-corrected chi connectivity index (χ1v) is 6.12. The third kappa shape index (κ3) is 1.57. The van der Waals surface area contributed by atoms with Gasteiger partial charge in [0, 0.05) is 12.2 Å². The van der Waals surface area contributed by atoms with Crippen molar-refractivity contribution in [1.29, 1.82) is 0 Å². The lowest BCUT2D eigenvalue weighted by Crippen LogP contribution is -2.02. The monoisotopic (exact) mass is 233 g/mol. The van der Waals surface area contributed by atoms with Crippen molar-refractivity contribution in [3.63, 3.8) is 0 Å². The molecule has 1 aliphatic carbocycles. The maximum absolute atomic E-state index is 5.35. The molecule has 0 spiro atoms.